The smallest absolute Gasteiger partial charge is 0.189 e. The molecule has 0 radical (unpaired) electrons. The molecule has 0 spiro atoms. The van der Waals surface area contributed by atoms with Crippen molar-refractivity contribution < 1.29 is 19.7 Å². The highest BCUT2D eigenvalue weighted by Gasteiger charge is 2.08. The van der Waals surface area contributed by atoms with Crippen molar-refractivity contribution in [2.45, 2.75) is 13.8 Å². The molecule has 4 heteroatoms. The maximum atomic E-state index is 12.1. The van der Waals surface area contributed by atoms with Gasteiger partial charge in [0.05, 0.1) is 5.56 Å². The van der Waals surface area contributed by atoms with Gasteiger partial charge in [0, 0.05) is 6.07 Å². The lowest BCUT2D eigenvalue weighted by Crippen LogP contribution is -1.95. The van der Waals surface area contributed by atoms with E-state index in [1.807, 2.05) is 44.2 Å². The fourth-order valence-corrected chi connectivity index (χ4v) is 1.97. The fraction of sp³-hybridized carbons (Fsp3) is 0.150. The van der Waals surface area contributed by atoms with Gasteiger partial charge in [-0.3, -0.25) is 4.79 Å². The summed E-state index contributed by atoms with van der Waals surface area (Å²) < 4.78 is 5.57. The van der Waals surface area contributed by atoms with E-state index in [1.165, 1.54) is 23.8 Å². The third-order valence-corrected chi connectivity index (χ3v) is 3.30. The number of benzene rings is 2. The van der Waals surface area contributed by atoms with Gasteiger partial charge in [0.2, 0.25) is 0 Å². The van der Waals surface area contributed by atoms with E-state index in [9.17, 15) is 15.0 Å². The predicted octanol–water partition coefficient (Wildman–Crippen LogP) is 4.34. The topological polar surface area (TPSA) is 66.8 Å². The molecule has 0 aliphatic heterocycles. The number of rotatable bonds is 6. The summed E-state index contributed by atoms with van der Waals surface area (Å²) in [6.45, 7) is 4.55. The van der Waals surface area contributed by atoms with Crippen LogP contribution in [0, 0.1) is 0 Å². The Morgan fingerprint density at radius 3 is 2.42 bits per heavy atom. The van der Waals surface area contributed by atoms with Gasteiger partial charge in [-0.15, -0.1) is 0 Å². The first-order valence-corrected chi connectivity index (χ1v) is 7.56. The minimum absolute atomic E-state index is 0.0864. The van der Waals surface area contributed by atoms with Crippen LogP contribution in [0.5, 0.6) is 17.2 Å². The van der Waals surface area contributed by atoms with Crippen LogP contribution in [0.3, 0.4) is 0 Å². The fourth-order valence-electron chi connectivity index (χ4n) is 1.97. The van der Waals surface area contributed by atoms with Crippen LogP contribution in [0.25, 0.3) is 6.08 Å². The van der Waals surface area contributed by atoms with Crippen LogP contribution in [-0.4, -0.2) is 22.6 Å². The van der Waals surface area contributed by atoms with Crippen molar-refractivity contribution in [1.82, 2.24) is 0 Å². The summed E-state index contributed by atoms with van der Waals surface area (Å²) in [6, 6.07) is 11.2. The van der Waals surface area contributed by atoms with E-state index in [0.717, 1.165) is 17.4 Å². The molecule has 0 saturated heterocycles. The molecule has 0 fully saturated rings. The van der Waals surface area contributed by atoms with Gasteiger partial charge in [-0.2, -0.15) is 0 Å². The number of ether oxygens (including phenoxy) is 1. The molecule has 0 amide bonds. The average molecular weight is 324 g/mol. The Morgan fingerprint density at radius 1 is 1.08 bits per heavy atom. The molecule has 0 unspecified atom stereocenters. The molecule has 2 rings (SSSR count). The second kappa shape index (κ2) is 8.02. The first-order valence-electron chi connectivity index (χ1n) is 7.56. The van der Waals surface area contributed by atoms with Gasteiger partial charge in [0.1, 0.15) is 23.9 Å². The summed E-state index contributed by atoms with van der Waals surface area (Å²) in [4.78, 5) is 12.1. The number of phenolic OH excluding ortho intramolecular Hbond substituents is 2. The molecule has 0 bridgehead atoms. The van der Waals surface area contributed by atoms with Crippen LogP contribution in [0.15, 0.2) is 60.2 Å². The van der Waals surface area contributed by atoms with Gasteiger partial charge in [0.25, 0.3) is 0 Å². The Hall–Kier alpha value is -3.01. The second-order valence-electron chi connectivity index (χ2n) is 5.56. The van der Waals surface area contributed by atoms with Crippen molar-refractivity contribution in [2.24, 2.45) is 0 Å². The molecule has 2 aromatic rings. The Morgan fingerprint density at radius 2 is 1.79 bits per heavy atom. The third-order valence-electron chi connectivity index (χ3n) is 3.30. The van der Waals surface area contributed by atoms with Gasteiger partial charge in [-0.25, -0.2) is 0 Å². The van der Waals surface area contributed by atoms with E-state index >= 15 is 0 Å². The molecule has 0 heterocycles. The Bertz CT molecular complexity index is 767. The molecule has 2 N–H and O–H groups in total. The molecular weight excluding hydrogens is 304 g/mol. The van der Waals surface area contributed by atoms with E-state index in [2.05, 4.69) is 0 Å². The Balaban J connectivity index is 2.01. The van der Waals surface area contributed by atoms with E-state index < -0.39 is 0 Å². The summed E-state index contributed by atoms with van der Waals surface area (Å²) >= 11 is 0. The van der Waals surface area contributed by atoms with Crippen molar-refractivity contribution in [3.8, 4) is 17.2 Å². The molecule has 0 aliphatic carbocycles. The second-order valence-corrected chi connectivity index (χ2v) is 5.56. The zero-order valence-corrected chi connectivity index (χ0v) is 13.7. The monoisotopic (exact) mass is 324 g/mol. The minimum Gasteiger partial charge on any atom is -0.508 e. The van der Waals surface area contributed by atoms with Crippen LogP contribution < -0.4 is 4.74 Å². The zero-order chi connectivity index (χ0) is 17.5. The maximum absolute atomic E-state index is 12.1. The van der Waals surface area contributed by atoms with Crippen molar-refractivity contribution >= 4 is 11.9 Å². The standard InChI is InChI=1S/C20H20O4/c1-14(2)11-12-24-17-7-3-15(4-8-17)5-10-19(22)18-9-6-16(21)13-20(18)23/h3-11,13,21,23H,12H2,1-2H3/b10-5+. The van der Waals surface area contributed by atoms with E-state index in [-0.39, 0.29) is 22.8 Å². The van der Waals surface area contributed by atoms with Gasteiger partial charge in [-0.05, 0) is 55.8 Å². The highest BCUT2D eigenvalue weighted by Crippen LogP contribution is 2.23. The van der Waals surface area contributed by atoms with Crippen molar-refractivity contribution in [3.05, 3.63) is 71.3 Å². The molecule has 0 aliphatic rings. The van der Waals surface area contributed by atoms with E-state index in [1.54, 1.807) is 6.08 Å². The van der Waals surface area contributed by atoms with E-state index in [0.29, 0.717) is 6.61 Å². The van der Waals surface area contributed by atoms with Crippen LogP contribution in [0.2, 0.25) is 0 Å². The van der Waals surface area contributed by atoms with E-state index in [4.69, 9.17) is 4.74 Å². The molecule has 124 valence electrons. The third kappa shape index (κ3) is 5.02. The first-order chi connectivity index (χ1) is 11.5. The summed E-state index contributed by atoms with van der Waals surface area (Å²) in [5.41, 5.74) is 2.19. The van der Waals surface area contributed by atoms with Gasteiger partial charge in [0.15, 0.2) is 5.78 Å². The van der Waals surface area contributed by atoms with Crippen LogP contribution >= 0.6 is 0 Å². The number of hydrogen-bond donors (Lipinski definition) is 2. The van der Waals surface area contributed by atoms with Crippen molar-refractivity contribution in [1.29, 1.82) is 0 Å². The highest BCUT2D eigenvalue weighted by molar-refractivity contribution is 6.08. The average Bonchev–Trinajstić information content (AvgIpc) is 2.53. The van der Waals surface area contributed by atoms with Crippen LogP contribution in [-0.2, 0) is 0 Å². The minimum atomic E-state index is -0.337. The number of aromatic hydroxyl groups is 2. The number of carbonyl (C=O) groups excluding carboxylic acids is 1. The lowest BCUT2D eigenvalue weighted by atomic mass is 10.1. The number of allylic oxidation sites excluding steroid dienone is 2. The van der Waals surface area contributed by atoms with Gasteiger partial charge < -0.3 is 14.9 Å². The van der Waals surface area contributed by atoms with Crippen molar-refractivity contribution in [2.75, 3.05) is 6.61 Å². The van der Waals surface area contributed by atoms with Crippen LogP contribution in [0.1, 0.15) is 29.8 Å². The molecule has 24 heavy (non-hydrogen) atoms. The predicted molar refractivity (Wildman–Crippen MR) is 94.5 cm³/mol. The maximum Gasteiger partial charge on any atom is 0.189 e. The summed E-state index contributed by atoms with van der Waals surface area (Å²) in [5, 5.41) is 18.9. The quantitative estimate of drug-likeness (QED) is 0.471. The number of phenols is 2. The molecule has 0 atom stereocenters. The molecule has 0 aromatic heterocycles. The first kappa shape index (κ1) is 17.3. The number of ketones is 1. The van der Waals surface area contributed by atoms with Gasteiger partial charge >= 0.3 is 0 Å². The normalized spacial score (nSPS) is 10.6. The molecule has 0 saturated carbocycles. The Labute approximate surface area is 141 Å². The number of carbonyl (C=O) groups is 1. The highest BCUT2D eigenvalue weighted by atomic mass is 16.5. The zero-order valence-electron chi connectivity index (χ0n) is 13.7. The lowest BCUT2D eigenvalue weighted by Gasteiger charge is -2.04. The Kier molecular flexibility index (Phi) is 5.79. The molecular formula is C20H20O4. The summed E-state index contributed by atoms with van der Waals surface area (Å²) in [5.74, 6) is 0.0907. The lowest BCUT2D eigenvalue weighted by molar-refractivity contribution is 0.104. The summed E-state index contributed by atoms with van der Waals surface area (Å²) in [6.07, 6.45) is 5.04. The van der Waals surface area contributed by atoms with Crippen LogP contribution in [0.4, 0.5) is 0 Å². The SMILES string of the molecule is CC(C)=CCOc1ccc(/C=C/C(=O)c2ccc(O)cc2O)cc1. The molecule has 2 aromatic carbocycles. The van der Waals surface area contributed by atoms with Gasteiger partial charge in [-0.1, -0.05) is 23.8 Å². The summed E-state index contributed by atoms with van der Waals surface area (Å²) in [7, 11) is 0. The largest absolute Gasteiger partial charge is 0.508 e. The molecule has 4 nitrogen and oxygen atoms in total. The number of hydrogen-bond acceptors (Lipinski definition) is 4. The van der Waals surface area contributed by atoms with Crippen molar-refractivity contribution in [3.63, 3.8) is 0 Å².